The Morgan fingerprint density at radius 1 is 1.29 bits per heavy atom. The molecule has 0 aliphatic rings. The zero-order chi connectivity index (χ0) is 17.4. The number of imidazole rings is 1. The van der Waals surface area contributed by atoms with E-state index in [9.17, 15) is 18.4 Å². The number of aromatic nitrogens is 4. The fourth-order valence-corrected chi connectivity index (χ4v) is 2.62. The lowest BCUT2D eigenvalue weighted by Crippen LogP contribution is -2.39. The summed E-state index contributed by atoms with van der Waals surface area (Å²) >= 11 is 0. The van der Waals surface area contributed by atoms with E-state index in [0.717, 1.165) is 21.3 Å². The third kappa shape index (κ3) is 2.27. The first-order chi connectivity index (χ1) is 11.5. The van der Waals surface area contributed by atoms with Gasteiger partial charge in [0.15, 0.2) is 11.2 Å². The predicted molar refractivity (Wildman–Crippen MR) is 85.4 cm³/mol. The SMILES string of the molecule is C=CCn1cnc2c1c(=O)n(CC)c(=O)n2-c1ccc(F)cc1F. The Labute approximate surface area is 134 Å². The molecule has 2 aromatic heterocycles. The molecule has 124 valence electrons. The molecular formula is C16H14F2N4O2. The van der Waals surface area contributed by atoms with Crippen LogP contribution in [0.4, 0.5) is 8.78 Å². The van der Waals surface area contributed by atoms with Crippen LogP contribution in [0.3, 0.4) is 0 Å². The highest BCUT2D eigenvalue weighted by atomic mass is 19.1. The molecule has 0 aliphatic heterocycles. The fourth-order valence-electron chi connectivity index (χ4n) is 2.62. The summed E-state index contributed by atoms with van der Waals surface area (Å²) in [4.78, 5) is 29.3. The standard InChI is InChI=1S/C16H14F2N4O2/c1-3-7-20-9-19-14-13(20)15(23)21(4-2)16(24)22(14)12-6-5-10(17)8-11(12)18/h3,5-6,8-9H,1,4,7H2,2H3. The van der Waals surface area contributed by atoms with Crippen molar-refractivity contribution in [2.24, 2.45) is 0 Å². The van der Waals surface area contributed by atoms with Gasteiger partial charge in [0.25, 0.3) is 5.56 Å². The Kier molecular flexibility index (Phi) is 3.88. The number of rotatable bonds is 4. The van der Waals surface area contributed by atoms with Gasteiger partial charge in [-0.15, -0.1) is 6.58 Å². The molecule has 0 amide bonds. The molecule has 0 atom stereocenters. The van der Waals surface area contributed by atoms with Crippen molar-refractivity contribution in [1.29, 1.82) is 0 Å². The second-order valence-electron chi connectivity index (χ2n) is 5.12. The summed E-state index contributed by atoms with van der Waals surface area (Å²) in [7, 11) is 0. The van der Waals surface area contributed by atoms with Gasteiger partial charge in [-0.2, -0.15) is 0 Å². The maximum Gasteiger partial charge on any atom is 0.337 e. The minimum absolute atomic E-state index is 0.0158. The van der Waals surface area contributed by atoms with Crippen LogP contribution in [-0.4, -0.2) is 18.7 Å². The zero-order valence-electron chi connectivity index (χ0n) is 12.9. The van der Waals surface area contributed by atoms with Gasteiger partial charge < -0.3 is 4.57 Å². The molecule has 6 nitrogen and oxygen atoms in total. The molecule has 3 rings (SSSR count). The van der Waals surface area contributed by atoms with Gasteiger partial charge in [0.05, 0.1) is 12.0 Å². The summed E-state index contributed by atoms with van der Waals surface area (Å²) in [6, 6.07) is 2.86. The first-order valence-corrected chi connectivity index (χ1v) is 7.26. The van der Waals surface area contributed by atoms with Crippen LogP contribution in [0.25, 0.3) is 16.9 Å². The van der Waals surface area contributed by atoms with Gasteiger partial charge in [0.2, 0.25) is 0 Å². The van der Waals surface area contributed by atoms with Gasteiger partial charge in [-0.25, -0.2) is 23.1 Å². The van der Waals surface area contributed by atoms with Crippen molar-refractivity contribution in [3.8, 4) is 5.69 Å². The van der Waals surface area contributed by atoms with E-state index in [4.69, 9.17) is 0 Å². The summed E-state index contributed by atoms with van der Waals surface area (Å²) in [5.74, 6) is -1.68. The molecule has 0 bridgehead atoms. The smallest absolute Gasteiger partial charge is 0.321 e. The quantitative estimate of drug-likeness (QED) is 0.685. The topological polar surface area (TPSA) is 61.8 Å². The maximum atomic E-state index is 14.2. The average Bonchev–Trinajstić information content (AvgIpc) is 2.94. The summed E-state index contributed by atoms with van der Waals surface area (Å²) in [5.41, 5.74) is -1.25. The highest BCUT2D eigenvalue weighted by Crippen LogP contribution is 2.17. The average molecular weight is 332 g/mol. The number of benzene rings is 1. The van der Waals surface area contributed by atoms with E-state index in [1.54, 1.807) is 13.0 Å². The van der Waals surface area contributed by atoms with E-state index < -0.39 is 22.9 Å². The number of hydrogen-bond donors (Lipinski definition) is 0. The molecule has 8 heteroatoms. The minimum atomic E-state index is -0.919. The van der Waals surface area contributed by atoms with Gasteiger partial charge in [0.1, 0.15) is 11.6 Å². The molecule has 0 N–H and O–H groups in total. The highest BCUT2D eigenvalue weighted by molar-refractivity contribution is 5.72. The maximum absolute atomic E-state index is 14.2. The molecule has 1 aromatic carbocycles. The van der Waals surface area contributed by atoms with Crippen LogP contribution in [0.2, 0.25) is 0 Å². The van der Waals surface area contributed by atoms with E-state index in [2.05, 4.69) is 11.6 Å². The zero-order valence-corrected chi connectivity index (χ0v) is 12.9. The van der Waals surface area contributed by atoms with E-state index in [1.165, 1.54) is 10.9 Å². The van der Waals surface area contributed by atoms with Crippen LogP contribution in [0, 0.1) is 11.6 Å². The number of nitrogens with zero attached hydrogens (tertiary/aromatic N) is 4. The number of halogens is 2. The predicted octanol–water partition coefficient (Wildman–Crippen LogP) is 1.83. The lowest BCUT2D eigenvalue weighted by atomic mass is 10.3. The molecule has 0 saturated carbocycles. The molecular weight excluding hydrogens is 318 g/mol. The Bertz CT molecular complexity index is 1060. The first-order valence-electron chi connectivity index (χ1n) is 7.26. The van der Waals surface area contributed by atoms with Crippen molar-refractivity contribution in [1.82, 2.24) is 18.7 Å². The van der Waals surface area contributed by atoms with Gasteiger partial charge in [0, 0.05) is 19.2 Å². The third-order valence-electron chi connectivity index (χ3n) is 3.69. The van der Waals surface area contributed by atoms with Crippen LogP contribution in [0.1, 0.15) is 6.92 Å². The molecule has 0 radical (unpaired) electrons. The lowest BCUT2D eigenvalue weighted by Gasteiger charge is -2.12. The van der Waals surface area contributed by atoms with E-state index in [0.29, 0.717) is 12.6 Å². The molecule has 0 aliphatic carbocycles. The third-order valence-corrected chi connectivity index (χ3v) is 3.69. The van der Waals surface area contributed by atoms with Crippen LogP contribution in [0.5, 0.6) is 0 Å². The van der Waals surface area contributed by atoms with Crippen molar-refractivity contribution in [2.45, 2.75) is 20.0 Å². The minimum Gasteiger partial charge on any atom is -0.321 e. The molecule has 3 aromatic rings. The van der Waals surface area contributed by atoms with Crippen molar-refractivity contribution >= 4 is 11.2 Å². The van der Waals surface area contributed by atoms with E-state index >= 15 is 0 Å². The Balaban J connectivity index is 2.50. The van der Waals surface area contributed by atoms with Gasteiger partial charge >= 0.3 is 5.69 Å². The van der Waals surface area contributed by atoms with Gasteiger partial charge in [-0.1, -0.05) is 6.08 Å². The Morgan fingerprint density at radius 3 is 2.67 bits per heavy atom. The van der Waals surface area contributed by atoms with Crippen molar-refractivity contribution < 1.29 is 8.78 Å². The van der Waals surface area contributed by atoms with Crippen molar-refractivity contribution in [3.63, 3.8) is 0 Å². The van der Waals surface area contributed by atoms with Crippen molar-refractivity contribution in [3.05, 3.63) is 69.7 Å². The van der Waals surface area contributed by atoms with Crippen LogP contribution in [0.15, 0.2) is 46.8 Å². The van der Waals surface area contributed by atoms with E-state index in [-0.39, 0.29) is 23.4 Å². The van der Waals surface area contributed by atoms with Gasteiger partial charge in [-0.3, -0.25) is 9.36 Å². The van der Waals surface area contributed by atoms with E-state index in [1.807, 2.05) is 0 Å². The number of allylic oxidation sites excluding steroid dienone is 1. The number of hydrogen-bond acceptors (Lipinski definition) is 3. The molecule has 0 saturated heterocycles. The monoisotopic (exact) mass is 332 g/mol. The molecule has 24 heavy (non-hydrogen) atoms. The molecule has 2 heterocycles. The molecule has 0 unspecified atom stereocenters. The second-order valence-corrected chi connectivity index (χ2v) is 5.12. The fraction of sp³-hybridized carbons (Fsp3) is 0.188. The van der Waals surface area contributed by atoms with Gasteiger partial charge in [-0.05, 0) is 19.1 Å². The lowest BCUT2D eigenvalue weighted by molar-refractivity contribution is 0.572. The largest absolute Gasteiger partial charge is 0.337 e. The van der Waals surface area contributed by atoms with Crippen molar-refractivity contribution in [2.75, 3.05) is 0 Å². The van der Waals surface area contributed by atoms with Crippen LogP contribution < -0.4 is 11.2 Å². The molecule has 0 spiro atoms. The first kappa shape index (κ1) is 15.9. The summed E-state index contributed by atoms with van der Waals surface area (Å²) in [5, 5.41) is 0. The number of fused-ring (bicyclic) bond motifs is 1. The molecule has 0 fully saturated rings. The summed E-state index contributed by atoms with van der Waals surface area (Å²) < 4.78 is 30.9. The van der Waals surface area contributed by atoms with Crippen LogP contribution in [-0.2, 0) is 13.1 Å². The Hall–Kier alpha value is -3.03. The van der Waals surface area contributed by atoms with Crippen LogP contribution >= 0.6 is 0 Å². The second kappa shape index (κ2) is 5.88. The Morgan fingerprint density at radius 2 is 2.04 bits per heavy atom. The summed E-state index contributed by atoms with van der Waals surface area (Å²) in [6.45, 7) is 5.65. The highest BCUT2D eigenvalue weighted by Gasteiger charge is 2.20. The normalized spacial score (nSPS) is 11.1. The summed E-state index contributed by atoms with van der Waals surface area (Å²) in [6.07, 6.45) is 2.95.